The number of aryl methyl sites for hydroxylation is 1. The molecule has 0 fully saturated rings. The van der Waals surface area contributed by atoms with E-state index >= 15 is 0 Å². The standard InChI is InChI=1S/C25H23N3O6S/c1-18-8-14-22(15-9-18)35(30,31)28(2)20-10-12-21(13-11-20)32-17-24(29)33-16-23-26-27-25(34-23)19-6-4-3-5-7-19/h3-15H,16-17H2,1-2H3. The van der Waals surface area contributed by atoms with Crippen molar-refractivity contribution in [1.29, 1.82) is 0 Å². The number of esters is 1. The van der Waals surface area contributed by atoms with Gasteiger partial charge in [0.25, 0.3) is 15.9 Å². The van der Waals surface area contributed by atoms with E-state index in [1.54, 1.807) is 48.5 Å². The Morgan fingerprint density at radius 3 is 2.31 bits per heavy atom. The van der Waals surface area contributed by atoms with Gasteiger partial charge in [0.1, 0.15) is 5.75 Å². The van der Waals surface area contributed by atoms with E-state index in [1.807, 2.05) is 37.3 Å². The molecule has 0 N–H and O–H groups in total. The van der Waals surface area contributed by atoms with E-state index in [2.05, 4.69) is 10.2 Å². The molecule has 0 atom stereocenters. The summed E-state index contributed by atoms with van der Waals surface area (Å²) in [6, 6.07) is 22.2. The van der Waals surface area contributed by atoms with Crippen molar-refractivity contribution in [3.63, 3.8) is 0 Å². The van der Waals surface area contributed by atoms with Gasteiger partial charge in [-0.05, 0) is 55.5 Å². The molecular formula is C25H23N3O6S. The molecule has 180 valence electrons. The van der Waals surface area contributed by atoms with Gasteiger partial charge in [-0.3, -0.25) is 4.31 Å². The van der Waals surface area contributed by atoms with Gasteiger partial charge in [0.15, 0.2) is 13.2 Å². The molecule has 4 rings (SSSR count). The van der Waals surface area contributed by atoms with Crippen LogP contribution >= 0.6 is 0 Å². The molecule has 0 spiro atoms. The average Bonchev–Trinajstić information content (AvgIpc) is 3.36. The molecule has 0 aliphatic carbocycles. The van der Waals surface area contributed by atoms with Crippen LogP contribution in [0.2, 0.25) is 0 Å². The number of benzene rings is 3. The Hall–Kier alpha value is -4.18. The maximum atomic E-state index is 12.8. The largest absolute Gasteiger partial charge is 0.482 e. The highest BCUT2D eigenvalue weighted by molar-refractivity contribution is 7.92. The van der Waals surface area contributed by atoms with Gasteiger partial charge < -0.3 is 13.9 Å². The van der Waals surface area contributed by atoms with Crippen LogP contribution in [-0.2, 0) is 26.2 Å². The van der Waals surface area contributed by atoms with Crippen LogP contribution in [-0.4, -0.2) is 38.2 Å². The van der Waals surface area contributed by atoms with Gasteiger partial charge >= 0.3 is 5.97 Å². The molecule has 3 aromatic carbocycles. The van der Waals surface area contributed by atoms with E-state index in [-0.39, 0.29) is 24.0 Å². The Bertz CT molecular complexity index is 1390. The van der Waals surface area contributed by atoms with Gasteiger partial charge in [-0.15, -0.1) is 10.2 Å². The van der Waals surface area contributed by atoms with Gasteiger partial charge in [-0.25, -0.2) is 13.2 Å². The molecule has 0 bridgehead atoms. The second-order valence-corrected chi connectivity index (χ2v) is 9.57. The Labute approximate surface area is 203 Å². The summed E-state index contributed by atoms with van der Waals surface area (Å²) in [5.41, 5.74) is 2.19. The fourth-order valence-corrected chi connectivity index (χ4v) is 4.29. The van der Waals surface area contributed by atoms with Gasteiger partial charge in [-0.2, -0.15) is 0 Å². The Morgan fingerprint density at radius 1 is 0.943 bits per heavy atom. The average molecular weight is 494 g/mol. The van der Waals surface area contributed by atoms with Crippen LogP contribution in [0.3, 0.4) is 0 Å². The number of ether oxygens (including phenoxy) is 2. The summed E-state index contributed by atoms with van der Waals surface area (Å²) in [7, 11) is -2.22. The third kappa shape index (κ3) is 5.85. The van der Waals surface area contributed by atoms with E-state index in [1.165, 1.54) is 11.4 Å². The number of carbonyl (C=O) groups is 1. The van der Waals surface area contributed by atoms with Gasteiger partial charge in [0, 0.05) is 12.6 Å². The molecule has 0 amide bonds. The molecule has 0 aliphatic heterocycles. The summed E-state index contributed by atoms with van der Waals surface area (Å²) in [5.74, 6) is 0.269. The number of sulfonamides is 1. The first-order chi connectivity index (χ1) is 16.8. The molecule has 0 radical (unpaired) electrons. The summed E-state index contributed by atoms with van der Waals surface area (Å²) >= 11 is 0. The van der Waals surface area contributed by atoms with Gasteiger partial charge in [0.2, 0.25) is 5.89 Å². The van der Waals surface area contributed by atoms with Gasteiger partial charge in [-0.1, -0.05) is 35.9 Å². The van der Waals surface area contributed by atoms with Crippen LogP contribution in [0.4, 0.5) is 5.69 Å². The first-order valence-corrected chi connectivity index (χ1v) is 12.1. The fourth-order valence-electron chi connectivity index (χ4n) is 3.09. The van der Waals surface area contributed by atoms with Crippen molar-refractivity contribution in [1.82, 2.24) is 10.2 Å². The monoisotopic (exact) mass is 493 g/mol. The summed E-state index contributed by atoms with van der Waals surface area (Å²) in [5, 5.41) is 7.80. The maximum absolute atomic E-state index is 12.8. The van der Waals surface area contributed by atoms with E-state index in [0.717, 1.165) is 11.1 Å². The third-order valence-electron chi connectivity index (χ3n) is 5.08. The lowest BCUT2D eigenvalue weighted by Crippen LogP contribution is -2.26. The minimum absolute atomic E-state index is 0.166. The zero-order valence-corrected chi connectivity index (χ0v) is 19.9. The number of anilines is 1. The van der Waals surface area contributed by atoms with Crippen LogP contribution in [0.25, 0.3) is 11.5 Å². The lowest BCUT2D eigenvalue weighted by molar-refractivity contribution is -0.148. The number of carbonyl (C=O) groups excluding carboxylic acids is 1. The molecule has 35 heavy (non-hydrogen) atoms. The Morgan fingerprint density at radius 2 is 1.63 bits per heavy atom. The Kier molecular flexibility index (Phi) is 7.11. The third-order valence-corrected chi connectivity index (χ3v) is 6.88. The molecule has 1 aromatic heterocycles. The molecule has 0 aliphatic rings. The van der Waals surface area contributed by atoms with Crippen molar-refractivity contribution in [2.24, 2.45) is 0 Å². The molecule has 1 heterocycles. The van der Waals surface area contributed by atoms with Crippen LogP contribution in [0.5, 0.6) is 5.75 Å². The Balaban J connectivity index is 1.28. The van der Waals surface area contributed by atoms with Crippen LogP contribution in [0.15, 0.2) is 88.2 Å². The van der Waals surface area contributed by atoms with Crippen molar-refractivity contribution < 1.29 is 27.1 Å². The number of hydrogen-bond acceptors (Lipinski definition) is 8. The number of aromatic nitrogens is 2. The molecule has 0 unspecified atom stereocenters. The zero-order valence-electron chi connectivity index (χ0n) is 19.1. The van der Waals surface area contributed by atoms with E-state index < -0.39 is 16.0 Å². The highest BCUT2D eigenvalue weighted by atomic mass is 32.2. The predicted octanol–water partition coefficient (Wildman–Crippen LogP) is 3.99. The highest BCUT2D eigenvalue weighted by Crippen LogP contribution is 2.24. The summed E-state index contributed by atoms with van der Waals surface area (Å²) < 4.78 is 42.9. The molecular weight excluding hydrogens is 470 g/mol. The lowest BCUT2D eigenvalue weighted by Gasteiger charge is -2.20. The molecule has 0 saturated heterocycles. The van der Waals surface area contributed by atoms with Crippen molar-refractivity contribution in [3.8, 4) is 17.2 Å². The van der Waals surface area contributed by atoms with E-state index in [0.29, 0.717) is 17.3 Å². The van der Waals surface area contributed by atoms with Crippen molar-refractivity contribution >= 4 is 21.7 Å². The number of rotatable bonds is 9. The van der Waals surface area contributed by atoms with Gasteiger partial charge in [0.05, 0.1) is 10.6 Å². The molecule has 0 saturated carbocycles. The minimum Gasteiger partial charge on any atom is -0.482 e. The summed E-state index contributed by atoms with van der Waals surface area (Å²) in [6.07, 6.45) is 0. The lowest BCUT2D eigenvalue weighted by atomic mass is 10.2. The number of hydrogen-bond donors (Lipinski definition) is 0. The minimum atomic E-state index is -3.70. The van der Waals surface area contributed by atoms with Crippen LogP contribution < -0.4 is 9.04 Å². The summed E-state index contributed by atoms with van der Waals surface area (Å²) in [4.78, 5) is 12.2. The highest BCUT2D eigenvalue weighted by Gasteiger charge is 2.21. The number of nitrogens with zero attached hydrogens (tertiary/aromatic N) is 3. The predicted molar refractivity (Wildman–Crippen MR) is 128 cm³/mol. The topological polar surface area (TPSA) is 112 Å². The van der Waals surface area contributed by atoms with Crippen molar-refractivity contribution in [3.05, 3.63) is 90.3 Å². The first-order valence-electron chi connectivity index (χ1n) is 10.6. The SMILES string of the molecule is Cc1ccc(S(=O)(=O)N(C)c2ccc(OCC(=O)OCc3nnc(-c4ccccc4)o3)cc2)cc1. The summed E-state index contributed by atoms with van der Waals surface area (Å²) in [6.45, 7) is 1.38. The van der Waals surface area contributed by atoms with E-state index in [9.17, 15) is 13.2 Å². The molecule has 10 heteroatoms. The molecule has 9 nitrogen and oxygen atoms in total. The normalized spacial score (nSPS) is 11.1. The first kappa shape index (κ1) is 24.0. The van der Waals surface area contributed by atoms with E-state index in [4.69, 9.17) is 13.9 Å². The quantitative estimate of drug-likeness (QED) is 0.322. The zero-order chi connectivity index (χ0) is 24.8. The second-order valence-electron chi connectivity index (χ2n) is 7.60. The van der Waals surface area contributed by atoms with Crippen molar-refractivity contribution in [2.75, 3.05) is 18.0 Å². The van der Waals surface area contributed by atoms with Crippen molar-refractivity contribution in [2.45, 2.75) is 18.4 Å². The maximum Gasteiger partial charge on any atom is 0.344 e. The second kappa shape index (κ2) is 10.4. The smallest absolute Gasteiger partial charge is 0.344 e. The van der Waals surface area contributed by atoms with Crippen LogP contribution in [0.1, 0.15) is 11.5 Å². The molecule has 4 aromatic rings. The van der Waals surface area contributed by atoms with Crippen LogP contribution in [0, 0.1) is 6.92 Å². The fraction of sp³-hybridized carbons (Fsp3) is 0.160.